The number of hydrogen-bond acceptors (Lipinski definition) is 2. The van der Waals surface area contributed by atoms with E-state index in [1.807, 2.05) is 0 Å². The van der Waals surface area contributed by atoms with Crippen LogP contribution in [-0.2, 0) is 32.7 Å². The third kappa shape index (κ3) is 3.85. The van der Waals surface area contributed by atoms with Crippen molar-refractivity contribution in [1.82, 2.24) is 0 Å². The summed E-state index contributed by atoms with van der Waals surface area (Å²) in [5, 5.41) is 9.67. The molecule has 0 amide bonds. The van der Waals surface area contributed by atoms with Gasteiger partial charge >= 0.3 is 0 Å². The van der Waals surface area contributed by atoms with Gasteiger partial charge in [0.1, 0.15) is 0 Å². The van der Waals surface area contributed by atoms with Crippen LogP contribution in [0.25, 0.3) is 0 Å². The summed E-state index contributed by atoms with van der Waals surface area (Å²) in [4.78, 5) is 0. The molecular weight excluding hydrogens is 256 g/mol. The standard InChI is InChI=1S/C9H16BOS.Y/c1-6-5-9(11)8(7(6)2)3-4-12-10;/h6-9,11H,2-5H2,1H3;/q-1;. The van der Waals surface area contributed by atoms with Crippen molar-refractivity contribution in [2.45, 2.75) is 25.9 Å². The molecule has 4 unspecified atom stereocenters. The number of aliphatic hydroxyl groups excluding tert-OH is 1. The van der Waals surface area contributed by atoms with Crippen LogP contribution < -0.4 is 0 Å². The van der Waals surface area contributed by atoms with E-state index in [9.17, 15) is 5.11 Å². The van der Waals surface area contributed by atoms with Crippen LogP contribution in [0.5, 0.6) is 0 Å². The minimum Gasteiger partial charge on any atom is -0.393 e. The Bertz CT molecular complexity index is 148. The molecule has 71 valence electrons. The van der Waals surface area contributed by atoms with Gasteiger partial charge in [0.25, 0.3) is 0 Å². The number of aliphatic hydroxyl groups is 1. The Morgan fingerprint density at radius 3 is 2.62 bits per heavy atom. The van der Waals surface area contributed by atoms with Gasteiger partial charge in [-0.3, -0.25) is 0 Å². The molecule has 0 aromatic rings. The molecule has 0 aliphatic heterocycles. The van der Waals surface area contributed by atoms with Crippen molar-refractivity contribution < 1.29 is 37.8 Å². The van der Waals surface area contributed by atoms with Gasteiger partial charge in [-0.25, -0.2) is 11.6 Å². The number of rotatable bonds is 3. The van der Waals surface area contributed by atoms with Gasteiger partial charge in [-0.1, -0.05) is 12.8 Å². The average molecular weight is 272 g/mol. The molecule has 1 aliphatic rings. The SMILES string of the molecule is [B]SCCC1C(O)CC(C)C1[CH2-].[Y]. The molecule has 0 heterocycles. The molecule has 0 aromatic carbocycles. The van der Waals surface area contributed by atoms with Gasteiger partial charge < -0.3 is 12.0 Å². The maximum Gasteiger partial charge on any atom is 0.161 e. The molecule has 1 N–H and O–H groups in total. The van der Waals surface area contributed by atoms with Gasteiger partial charge in [-0.15, -0.1) is 0 Å². The predicted molar refractivity (Wildman–Crippen MR) is 55.0 cm³/mol. The van der Waals surface area contributed by atoms with Crippen molar-refractivity contribution in [1.29, 1.82) is 0 Å². The zero-order chi connectivity index (χ0) is 9.14. The molecule has 1 rings (SSSR count). The summed E-state index contributed by atoms with van der Waals surface area (Å²) in [6, 6.07) is 0. The van der Waals surface area contributed by atoms with Gasteiger partial charge in [0.15, 0.2) is 7.12 Å². The quantitative estimate of drug-likeness (QED) is 0.622. The van der Waals surface area contributed by atoms with Crippen LogP contribution in [0.3, 0.4) is 0 Å². The van der Waals surface area contributed by atoms with E-state index in [-0.39, 0.29) is 38.8 Å². The second kappa shape index (κ2) is 6.87. The molecule has 1 aliphatic carbocycles. The zero-order valence-electron chi connectivity index (χ0n) is 8.15. The summed E-state index contributed by atoms with van der Waals surface area (Å²) in [6.07, 6.45) is 1.77. The molecular formula is C9H16BOSY-. The summed E-state index contributed by atoms with van der Waals surface area (Å²) < 4.78 is 0. The van der Waals surface area contributed by atoms with Crippen LogP contribution in [0.15, 0.2) is 0 Å². The Labute approximate surface area is 112 Å². The Morgan fingerprint density at radius 1 is 1.62 bits per heavy atom. The van der Waals surface area contributed by atoms with E-state index < -0.39 is 0 Å². The first kappa shape index (κ1) is 14.5. The van der Waals surface area contributed by atoms with E-state index in [4.69, 9.17) is 7.12 Å². The van der Waals surface area contributed by atoms with Crippen molar-refractivity contribution in [2.24, 2.45) is 17.8 Å². The molecule has 1 saturated carbocycles. The largest absolute Gasteiger partial charge is 0.393 e. The monoisotopic (exact) mass is 272 g/mol. The Hall–Kier alpha value is 1.48. The van der Waals surface area contributed by atoms with Gasteiger partial charge in [0, 0.05) is 32.7 Å². The van der Waals surface area contributed by atoms with Crippen LogP contribution in [0.2, 0.25) is 0 Å². The van der Waals surface area contributed by atoms with Crippen LogP contribution in [0.4, 0.5) is 0 Å². The van der Waals surface area contributed by atoms with E-state index in [2.05, 4.69) is 13.8 Å². The Balaban J connectivity index is 0.00000144. The molecule has 4 heteroatoms. The second-order valence-corrected chi connectivity index (χ2v) is 4.51. The average Bonchev–Trinajstić information content (AvgIpc) is 2.25. The van der Waals surface area contributed by atoms with Crippen LogP contribution >= 0.6 is 11.6 Å². The van der Waals surface area contributed by atoms with E-state index in [0.29, 0.717) is 17.8 Å². The molecule has 1 fully saturated rings. The fraction of sp³-hybridized carbons (Fsp3) is 0.889. The fourth-order valence-corrected chi connectivity index (χ4v) is 2.46. The predicted octanol–water partition coefficient (Wildman–Crippen LogP) is 1.66. The summed E-state index contributed by atoms with van der Waals surface area (Å²) in [5.74, 6) is 2.27. The molecule has 0 bridgehead atoms. The van der Waals surface area contributed by atoms with Crippen LogP contribution in [0, 0.1) is 24.7 Å². The molecule has 0 aromatic heterocycles. The summed E-state index contributed by atoms with van der Waals surface area (Å²) >= 11 is 1.35. The maximum atomic E-state index is 9.67. The second-order valence-electron chi connectivity index (χ2n) is 3.77. The van der Waals surface area contributed by atoms with Crippen molar-refractivity contribution in [3.63, 3.8) is 0 Å². The van der Waals surface area contributed by atoms with Gasteiger partial charge in [0.05, 0.1) is 6.10 Å². The normalized spacial score (nSPS) is 38.7. The molecule has 1 nitrogen and oxygen atoms in total. The van der Waals surface area contributed by atoms with Crippen molar-refractivity contribution in [2.75, 3.05) is 5.75 Å². The third-order valence-electron chi connectivity index (χ3n) is 2.96. The first-order valence-corrected chi connectivity index (χ1v) is 5.54. The van der Waals surface area contributed by atoms with Crippen molar-refractivity contribution >= 4 is 18.7 Å². The smallest absolute Gasteiger partial charge is 0.161 e. The van der Waals surface area contributed by atoms with E-state index in [1.54, 1.807) is 0 Å². The minimum absolute atomic E-state index is 0. The van der Waals surface area contributed by atoms with Crippen molar-refractivity contribution in [3.8, 4) is 0 Å². The van der Waals surface area contributed by atoms with Gasteiger partial charge in [-0.05, 0) is 24.5 Å². The Morgan fingerprint density at radius 2 is 2.23 bits per heavy atom. The first-order valence-electron chi connectivity index (χ1n) is 4.49. The topological polar surface area (TPSA) is 20.2 Å². The maximum absolute atomic E-state index is 9.67. The Kier molecular flexibility index (Phi) is 7.65. The van der Waals surface area contributed by atoms with Gasteiger partial charge in [0.2, 0.25) is 0 Å². The van der Waals surface area contributed by atoms with Crippen molar-refractivity contribution in [3.05, 3.63) is 6.92 Å². The summed E-state index contributed by atoms with van der Waals surface area (Å²) in [7, 11) is 5.35. The molecule has 4 atom stereocenters. The third-order valence-corrected chi connectivity index (χ3v) is 3.43. The first-order chi connectivity index (χ1) is 5.66. The van der Waals surface area contributed by atoms with E-state index >= 15 is 0 Å². The van der Waals surface area contributed by atoms with Crippen LogP contribution in [0.1, 0.15) is 19.8 Å². The number of hydrogen-bond donors (Lipinski definition) is 1. The summed E-state index contributed by atoms with van der Waals surface area (Å²) in [6.45, 7) is 6.26. The zero-order valence-corrected chi connectivity index (χ0v) is 11.8. The van der Waals surface area contributed by atoms with E-state index in [0.717, 1.165) is 18.6 Å². The molecule has 13 heavy (non-hydrogen) atoms. The van der Waals surface area contributed by atoms with E-state index in [1.165, 1.54) is 11.6 Å². The fourth-order valence-electron chi connectivity index (χ4n) is 2.05. The summed E-state index contributed by atoms with van der Waals surface area (Å²) in [5.41, 5.74) is 0. The molecule has 0 spiro atoms. The van der Waals surface area contributed by atoms with Gasteiger partial charge in [-0.2, -0.15) is 5.92 Å². The van der Waals surface area contributed by atoms with Crippen LogP contribution in [-0.4, -0.2) is 24.1 Å². The minimum atomic E-state index is -0.144. The molecule has 3 radical (unpaired) electrons. The molecule has 0 saturated heterocycles.